The third-order valence-electron chi connectivity index (χ3n) is 4.11. The predicted octanol–water partition coefficient (Wildman–Crippen LogP) is 4.53. The van der Waals surface area contributed by atoms with Crippen molar-refractivity contribution in [3.63, 3.8) is 0 Å². The summed E-state index contributed by atoms with van der Waals surface area (Å²) >= 11 is 0. The van der Waals surface area contributed by atoms with Gasteiger partial charge in [-0.25, -0.2) is 0 Å². The second kappa shape index (κ2) is 5.53. The largest absolute Gasteiger partial charge is 0.416 e. The summed E-state index contributed by atoms with van der Waals surface area (Å²) in [5, 5.41) is 0. The van der Waals surface area contributed by atoms with E-state index in [1.807, 2.05) is 0 Å². The fourth-order valence-electron chi connectivity index (χ4n) is 3.11. The standard InChI is InChI=1S/C15H20F3N/c1-10-5-4-6-11(9-10)14(19)12-7-2-3-8-13(12)15(16,17)18/h2-3,7-8,10-11,14H,4-6,9,19H2,1H3. The molecule has 19 heavy (non-hydrogen) atoms. The molecule has 0 aliphatic heterocycles. The van der Waals surface area contributed by atoms with Gasteiger partial charge in [0, 0.05) is 6.04 Å². The van der Waals surface area contributed by atoms with Gasteiger partial charge in [-0.05, 0) is 36.3 Å². The molecule has 0 radical (unpaired) electrons. The number of benzene rings is 1. The van der Waals surface area contributed by atoms with E-state index in [2.05, 4.69) is 6.92 Å². The molecule has 1 aromatic carbocycles. The van der Waals surface area contributed by atoms with E-state index in [0.29, 0.717) is 5.92 Å². The Balaban J connectivity index is 2.26. The summed E-state index contributed by atoms with van der Waals surface area (Å²) in [6.45, 7) is 2.15. The van der Waals surface area contributed by atoms with Crippen molar-refractivity contribution in [2.24, 2.45) is 17.6 Å². The molecule has 0 aromatic heterocycles. The quantitative estimate of drug-likeness (QED) is 0.840. The van der Waals surface area contributed by atoms with Gasteiger partial charge in [0.05, 0.1) is 5.56 Å². The van der Waals surface area contributed by atoms with Crippen molar-refractivity contribution in [1.82, 2.24) is 0 Å². The Morgan fingerprint density at radius 2 is 1.89 bits per heavy atom. The summed E-state index contributed by atoms with van der Waals surface area (Å²) in [6.07, 6.45) is -0.253. The Morgan fingerprint density at radius 1 is 1.21 bits per heavy atom. The first-order valence-electron chi connectivity index (χ1n) is 6.81. The molecular formula is C15H20F3N. The maximum absolute atomic E-state index is 13.0. The van der Waals surface area contributed by atoms with Crippen molar-refractivity contribution in [3.05, 3.63) is 35.4 Å². The molecule has 106 valence electrons. The Bertz CT molecular complexity index is 428. The van der Waals surface area contributed by atoms with Crippen LogP contribution in [0.15, 0.2) is 24.3 Å². The van der Waals surface area contributed by atoms with Crippen LogP contribution in [0.25, 0.3) is 0 Å². The van der Waals surface area contributed by atoms with Crippen LogP contribution in [0.4, 0.5) is 13.2 Å². The Morgan fingerprint density at radius 3 is 2.53 bits per heavy atom. The monoisotopic (exact) mass is 271 g/mol. The highest BCUT2D eigenvalue weighted by atomic mass is 19.4. The second-order valence-electron chi connectivity index (χ2n) is 5.64. The summed E-state index contributed by atoms with van der Waals surface area (Å²) < 4.78 is 39.0. The number of hydrogen-bond acceptors (Lipinski definition) is 1. The molecular weight excluding hydrogens is 251 g/mol. The lowest BCUT2D eigenvalue weighted by molar-refractivity contribution is -0.138. The molecule has 0 spiro atoms. The van der Waals surface area contributed by atoms with Gasteiger partial charge >= 0.3 is 6.18 Å². The number of halogens is 3. The smallest absolute Gasteiger partial charge is 0.324 e. The Hall–Kier alpha value is -1.03. The summed E-state index contributed by atoms with van der Waals surface area (Å²) in [5.41, 5.74) is 5.79. The molecule has 3 atom stereocenters. The average molecular weight is 271 g/mol. The van der Waals surface area contributed by atoms with Crippen molar-refractivity contribution in [2.45, 2.75) is 44.8 Å². The van der Waals surface area contributed by atoms with Gasteiger partial charge in [0.25, 0.3) is 0 Å². The summed E-state index contributed by atoms with van der Waals surface area (Å²) in [5.74, 6) is 0.718. The third kappa shape index (κ3) is 3.30. The van der Waals surface area contributed by atoms with E-state index < -0.39 is 17.8 Å². The zero-order chi connectivity index (χ0) is 14.0. The number of alkyl halides is 3. The van der Waals surface area contributed by atoms with Crippen LogP contribution in [0.5, 0.6) is 0 Å². The van der Waals surface area contributed by atoms with E-state index in [4.69, 9.17) is 5.73 Å². The molecule has 1 aromatic rings. The van der Waals surface area contributed by atoms with Gasteiger partial charge in [-0.3, -0.25) is 0 Å². The molecule has 1 fully saturated rings. The summed E-state index contributed by atoms with van der Waals surface area (Å²) in [4.78, 5) is 0. The lowest BCUT2D eigenvalue weighted by Gasteiger charge is -2.32. The van der Waals surface area contributed by atoms with Crippen LogP contribution < -0.4 is 5.73 Å². The van der Waals surface area contributed by atoms with Crippen LogP contribution >= 0.6 is 0 Å². The minimum absolute atomic E-state index is 0.159. The van der Waals surface area contributed by atoms with Gasteiger partial charge in [-0.2, -0.15) is 13.2 Å². The molecule has 1 aliphatic rings. The van der Waals surface area contributed by atoms with Crippen molar-refractivity contribution >= 4 is 0 Å². The molecule has 2 rings (SSSR count). The Labute approximate surface area is 112 Å². The van der Waals surface area contributed by atoms with E-state index in [1.54, 1.807) is 6.07 Å². The first-order valence-corrected chi connectivity index (χ1v) is 6.81. The second-order valence-corrected chi connectivity index (χ2v) is 5.64. The van der Waals surface area contributed by atoms with E-state index in [9.17, 15) is 13.2 Å². The van der Waals surface area contributed by atoms with Gasteiger partial charge in [-0.1, -0.05) is 38.0 Å². The van der Waals surface area contributed by atoms with Crippen molar-refractivity contribution in [3.8, 4) is 0 Å². The minimum atomic E-state index is -4.32. The van der Waals surface area contributed by atoms with Gasteiger partial charge in [0.15, 0.2) is 0 Å². The van der Waals surface area contributed by atoms with Crippen LogP contribution in [0, 0.1) is 11.8 Å². The molecule has 1 nitrogen and oxygen atoms in total. The van der Waals surface area contributed by atoms with Gasteiger partial charge < -0.3 is 5.73 Å². The third-order valence-corrected chi connectivity index (χ3v) is 4.11. The van der Waals surface area contributed by atoms with Crippen molar-refractivity contribution in [2.75, 3.05) is 0 Å². The maximum atomic E-state index is 13.0. The predicted molar refractivity (Wildman–Crippen MR) is 69.5 cm³/mol. The molecule has 1 aliphatic carbocycles. The van der Waals surface area contributed by atoms with Gasteiger partial charge in [0.2, 0.25) is 0 Å². The number of rotatable bonds is 2. The van der Waals surface area contributed by atoms with Crippen LogP contribution in [0.1, 0.15) is 49.8 Å². The van der Waals surface area contributed by atoms with E-state index in [1.165, 1.54) is 12.1 Å². The molecule has 0 heterocycles. The molecule has 3 unspecified atom stereocenters. The van der Waals surface area contributed by atoms with Gasteiger partial charge in [0.1, 0.15) is 0 Å². The first-order chi connectivity index (χ1) is 8.89. The fraction of sp³-hybridized carbons (Fsp3) is 0.600. The summed E-state index contributed by atoms with van der Waals surface area (Å²) in [7, 11) is 0. The minimum Gasteiger partial charge on any atom is -0.324 e. The highest BCUT2D eigenvalue weighted by Crippen LogP contribution is 2.40. The molecule has 0 saturated heterocycles. The molecule has 4 heteroatoms. The highest BCUT2D eigenvalue weighted by molar-refractivity contribution is 5.32. The van der Waals surface area contributed by atoms with Crippen molar-refractivity contribution in [1.29, 1.82) is 0 Å². The molecule has 1 saturated carbocycles. The van der Waals surface area contributed by atoms with E-state index in [-0.39, 0.29) is 11.5 Å². The molecule has 0 bridgehead atoms. The SMILES string of the molecule is CC1CCCC(C(N)c2ccccc2C(F)(F)F)C1. The lowest BCUT2D eigenvalue weighted by Crippen LogP contribution is -2.28. The van der Waals surface area contributed by atoms with Gasteiger partial charge in [-0.15, -0.1) is 0 Å². The normalized spacial score (nSPS) is 26.2. The van der Waals surface area contributed by atoms with Crippen LogP contribution in [0.3, 0.4) is 0 Å². The zero-order valence-corrected chi connectivity index (χ0v) is 11.1. The number of hydrogen-bond donors (Lipinski definition) is 1. The molecule has 2 N–H and O–H groups in total. The molecule has 0 amide bonds. The average Bonchev–Trinajstić information content (AvgIpc) is 2.37. The van der Waals surface area contributed by atoms with Crippen LogP contribution in [0.2, 0.25) is 0 Å². The first kappa shape index (κ1) is 14.4. The van der Waals surface area contributed by atoms with Crippen LogP contribution in [-0.2, 0) is 6.18 Å². The van der Waals surface area contributed by atoms with Crippen molar-refractivity contribution < 1.29 is 13.2 Å². The fourth-order valence-corrected chi connectivity index (χ4v) is 3.11. The summed E-state index contributed by atoms with van der Waals surface area (Å²) in [6, 6.07) is 5.19. The Kier molecular flexibility index (Phi) is 4.19. The highest BCUT2D eigenvalue weighted by Gasteiger charge is 2.36. The maximum Gasteiger partial charge on any atom is 0.416 e. The number of nitrogens with two attached hydrogens (primary N) is 1. The zero-order valence-electron chi connectivity index (χ0n) is 11.1. The van der Waals surface area contributed by atoms with E-state index >= 15 is 0 Å². The van der Waals surface area contributed by atoms with E-state index in [0.717, 1.165) is 31.7 Å². The lowest BCUT2D eigenvalue weighted by atomic mass is 9.76. The van der Waals surface area contributed by atoms with Crippen LogP contribution in [-0.4, -0.2) is 0 Å². The topological polar surface area (TPSA) is 26.0 Å².